The molecule has 2 rings (SSSR count). The first kappa shape index (κ1) is 11.4. The third kappa shape index (κ3) is 2.74. The van der Waals surface area contributed by atoms with Crippen LogP contribution in [0.15, 0.2) is 12.4 Å². The molecule has 2 atom stereocenters. The molecular formula is C10H15ClN4O. The van der Waals surface area contributed by atoms with Gasteiger partial charge in [0.15, 0.2) is 0 Å². The zero-order valence-corrected chi connectivity index (χ0v) is 9.65. The summed E-state index contributed by atoms with van der Waals surface area (Å²) >= 11 is 5.71. The van der Waals surface area contributed by atoms with Crippen molar-refractivity contribution in [1.29, 1.82) is 0 Å². The van der Waals surface area contributed by atoms with Crippen LogP contribution in [-0.4, -0.2) is 27.8 Å². The Kier molecular flexibility index (Phi) is 3.46. The summed E-state index contributed by atoms with van der Waals surface area (Å²) in [4.78, 5) is 11.5. The van der Waals surface area contributed by atoms with E-state index < -0.39 is 0 Å². The quantitative estimate of drug-likeness (QED) is 0.809. The van der Waals surface area contributed by atoms with E-state index in [4.69, 9.17) is 17.3 Å². The monoisotopic (exact) mass is 242 g/mol. The van der Waals surface area contributed by atoms with Crippen molar-refractivity contribution in [1.82, 2.24) is 15.1 Å². The molecule has 1 amide bonds. The van der Waals surface area contributed by atoms with Crippen LogP contribution in [0.5, 0.6) is 0 Å². The molecule has 1 aromatic heterocycles. The van der Waals surface area contributed by atoms with E-state index >= 15 is 0 Å². The maximum Gasteiger partial charge on any atom is 0.222 e. The number of hydrogen-bond acceptors (Lipinski definition) is 3. The number of aromatic nitrogens is 2. The molecule has 0 aromatic carbocycles. The average Bonchev–Trinajstić information content (AvgIpc) is 2.67. The molecule has 1 aliphatic rings. The summed E-state index contributed by atoms with van der Waals surface area (Å²) in [6.45, 7) is 0.542. The van der Waals surface area contributed by atoms with Gasteiger partial charge in [-0.15, -0.1) is 0 Å². The van der Waals surface area contributed by atoms with E-state index in [0.717, 1.165) is 12.8 Å². The highest BCUT2D eigenvalue weighted by Gasteiger charge is 2.28. The van der Waals surface area contributed by atoms with Crippen LogP contribution in [0.4, 0.5) is 0 Å². The van der Waals surface area contributed by atoms with E-state index in [-0.39, 0.29) is 18.0 Å². The zero-order chi connectivity index (χ0) is 11.5. The van der Waals surface area contributed by atoms with Gasteiger partial charge in [-0.3, -0.25) is 9.48 Å². The first-order chi connectivity index (χ1) is 7.65. The van der Waals surface area contributed by atoms with Crippen molar-refractivity contribution < 1.29 is 4.79 Å². The predicted octanol–water partition coefficient (Wildman–Crippen LogP) is 0.532. The van der Waals surface area contributed by atoms with Gasteiger partial charge in [0.2, 0.25) is 5.91 Å². The van der Waals surface area contributed by atoms with Crippen LogP contribution in [0.25, 0.3) is 0 Å². The van der Waals surface area contributed by atoms with Crippen molar-refractivity contribution in [2.24, 2.45) is 5.73 Å². The Morgan fingerprint density at radius 3 is 3.00 bits per heavy atom. The van der Waals surface area contributed by atoms with Crippen LogP contribution >= 0.6 is 11.6 Å². The molecule has 0 saturated heterocycles. The molecule has 1 saturated carbocycles. The SMILES string of the molecule is NC1CCC1NC(=O)CCn1cc(Cl)cn1. The fraction of sp³-hybridized carbons (Fsp3) is 0.600. The third-order valence-electron chi connectivity index (χ3n) is 2.84. The van der Waals surface area contributed by atoms with E-state index in [1.807, 2.05) is 0 Å². The molecular weight excluding hydrogens is 228 g/mol. The van der Waals surface area contributed by atoms with Gasteiger partial charge in [-0.05, 0) is 12.8 Å². The smallest absolute Gasteiger partial charge is 0.222 e. The Morgan fingerprint density at radius 2 is 2.50 bits per heavy atom. The van der Waals surface area contributed by atoms with E-state index in [1.54, 1.807) is 17.1 Å². The Bertz CT molecular complexity index is 379. The Morgan fingerprint density at radius 1 is 1.69 bits per heavy atom. The van der Waals surface area contributed by atoms with Gasteiger partial charge in [0, 0.05) is 31.2 Å². The second-order valence-corrected chi connectivity index (χ2v) is 4.52. The summed E-state index contributed by atoms with van der Waals surface area (Å²) in [5.41, 5.74) is 5.73. The maximum atomic E-state index is 11.5. The summed E-state index contributed by atoms with van der Waals surface area (Å²) in [5.74, 6) is 0.0202. The zero-order valence-electron chi connectivity index (χ0n) is 8.90. The number of nitrogens with one attached hydrogen (secondary N) is 1. The Labute approximate surface area is 98.9 Å². The minimum Gasteiger partial charge on any atom is -0.352 e. The highest BCUT2D eigenvalue weighted by Crippen LogP contribution is 2.17. The van der Waals surface area contributed by atoms with Gasteiger partial charge < -0.3 is 11.1 Å². The van der Waals surface area contributed by atoms with Crippen LogP contribution in [0, 0.1) is 0 Å². The number of nitrogens with two attached hydrogens (primary N) is 1. The standard InChI is InChI=1S/C10H15ClN4O/c11-7-5-13-15(6-7)4-3-10(16)14-9-2-1-8(9)12/h5-6,8-9H,1-4,12H2,(H,14,16). The fourth-order valence-electron chi connectivity index (χ4n) is 1.66. The minimum absolute atomic E-state index is 0.0202. The highest BCUT2D eigenvalue weighted by molar-refractivity contribution is 6.30. The molecule has 5 nitrogen and oxygen atoms in total. The minimum atomic E-state index is 0.0202. The molecule has 0 radical (unpaired) electrons. The van der Waals surface area contributed by atoms with Gasteiger partial charge in [0.25, 0.3) is 0 Å². The van der Waals surface area contributed by atoms with Crippen molar-refractivity contribution in [3.8, 4) is 0 Å². The highest BCUT2D eigenvalue weighted by atomic mass is 35.5. The lowest BCUT2D eigenvalue weighted by atomic mass is 9.87. The lowest BCUT2D eigenvalue weighted by Crippen LogP contribution is -2.54. The predicted molar refractivity (Wildman–Crippen MR) is 61.0 cm³/mol. The molecule has 2 unspecified atom stereocenters. The number of hydrogen-bond donors (Lipinski definition) is 2. The molecule has 0 bridgehead atoms. The average molecular weight is 243 g/mol. The van der Waals surface area contributed by atoms with Gasteiger partial charge in [0.1, 0.15) is 0 Å². The number of carbonyl (C=O) groups is 1. The van der Waals surface area contributed by atoms with Crippen molar-refractivity contribution in [2.75, 3.05) is 0 Å². The van der Waals surface area contributed by atoms with Gasteiger partial charge in [-0.2, -0.15) is 5.10 Å². The number of carbonyl (C=O) groups excluding carboxylic acids is 1. The first-order valence-corrected chi connectivity index (χ1v) is 5.76. The number of halogens is 1. The molecule has 0 aliphatic heterocycles. The normalized spacial score (nSPS) is 23.9. The van der Waals surface area contributed by atoms with Crippen LogP contribution in [-0.2, 0) is 11.3 Å². The largest absolute Gasteiger partial charge is 0.352 e. The lowest BCUT2D eigenvalue weighted by Gasteiger charge is -2.34. The van der Waals surface area contributed by atoms with Crippen molar-refractivity contribution in [2.45, 2.75) is 37.9 Å². The van der Waals surface area contributed by atoms with E-state index in [0.29, 0.717) is 18.0 Å². The number of amides is 1. The second kappa shape index (κ2) is 4.84. The molecule has 1 aromatic rings. The fourth-order valence-corrected chi connectivity index (χ4v) is 1.82. The summed E-state index contributed by atoms with van der Waals surface area (Å²) in [5, 5.41) is 7.49. The summed E-state index contributed by atoms with van der Waals surface area (Å²) in [6, 6.07) is 0.289. The summed E-state index contributed by atoms with van der Waals surface area (Å²) in [7, 11) is 0. The van der Waals surface area contributed by atoms with Crippen LogP contribution in [0.2, 0.25) is 5.02 Å². The summed E-state index contributed by atoms with van der Waals surface area (Å²) < 4.78 is 1.66. The molecule has 1 fully saturated rings. The molecule has 1 aliphatic carbocycles. The molecule has 6 heteroatoms. The summed E-state index contributed by atoms with van der Waals surface area (Å²) in [6.07, 6.45) is 5.65. The molecule has 88 valence electrons. The van der Waals surface area contributed by atoms with Gasteiger partial charge >= 0.3 is 0 Å². The van der Waals surface area contributed by atoms with Crippen molar-refractivity contribution in [3.63, 3.8) is 0 Å². The number of nitrogens with zero attached hydrogens (tertiary/aromatic N) is 2. The molecule has 16 heavy (non-hydrogen) atoms. The van der Waals surface area contributed by atoms with Gasteiger partial charge in [0.05, 0.1) is 11.2 Å². The van der Waals surface area contributed by atoms with E-state index in [1.165, 1.54) is 0 Å². The van der Waals surface area contributed by atoms with Crippen LogP contribution < -0.4 is 11.1 Å². The second-order valence-electron chi connectivity index (χ2n) is 4.09. The molecule has 3 N–H and O–H groups in total. The Hall–Kier alpha value is -1.07. The maximum absolute atomic E-state index is 11.5. The van der Waals surface area contributed by atoms with E-state index in [9.17, 15) is 4.79 Å². The van der Waals surface area contributed by atoms with Crippen molar-refractivity contribution >= 4 is 17.5 Å². The van der Waals surface area contributed by atoms with Crippen LogP contribution in [0.3, 0.4) is 0 Å². The lowest BCUT2D eigenvalue weighted by molar-refractivity contribution is -0.122. The van der Waals surface area contributed by atoms with Gasteiger partial charge in [-0.1, -0.05) is 11.6 Å². The molecule has 0 spiro atoms. The van der Waals surface area contributed by atoms with Gasteiger partial charge in [-0.25, -0.2) is 0 Å². The first-order valence-electron chi connectivity index (χ1n) is 5.38. The number of rotatable bonds is 4. The van der Waals surface area contributed by atoms with Crippen molar-refractivity contribution in [3.05, 3.63) is 17.4 Å². The Balaban J connectivity index is 1.71. The number of aryl methyl sites for hydroxylation is 1. The third-order valence-corrected chi connectivity index (χ3v) is 3.04. The topological polar surface area (TPSA) is 72.9 Å². The van der Waals surface area contributed by atoms with Crippen LogP contribution in [0.1, 0.15) is 19.3 Å². The molecule has 1 heterocycles. The van der Waals surface area contributed by atoms with E-state index in [2.05, 4.69) is 10.4 Å².